The zero-order valence-electron chi connectivity index (χ0n) is 8.18. The predicted molar refractivity (Wildman–Crippen MR) is 53.0 cm³/mol. The molecule has 1 unspecified atom stereocenters. The number of aliphatic hydroxyl groups excluding tert-OH is 1. The molecule has 0 aromatic rings. The summed E-state index contributed by atoms with van der Waals surface area (Å²) in [5.74, 6) is -0.121. The topological polar surface area (TPSA) is 49.3 Å². The molecular weight excluding hydrogens is 166 g/mol. The third-order valence-corrected chi connectivity index (χ3v) is 1.72. The number of hydrogen-bond donors (Lipinski definition) is 2. The fourth-order valence-electron chi connectivity index (χ4n) is 0.835. The maximum Gasteiger partial charge on any atom is 0.246 e. The molecule has 13 heavy (non-hydrogen) atoms. The molecule has 0 heterocycles. The Hall–Kier alpha value is -0.830. The molecule has 0 bridgehead atoms. The molecule has 75 valence electrons. The summed E-state index contributed by atoms with van der Waals surface area (Å²) in [7, 11) is 0. The summed E-state index contributed by atoms with van der Waals surface area (Å²) >= 11 is 0. The summed E-state index contributed by atoms with van der Waals surface area (Å²) < 4.78 is 0. The zero-order chi connectivity index (χ0) is 10.3. The molecule has 1 amide bonds. The van der Waals surface area contributed by atoms with Gasteiger partial charge in [0.2, 0.25) is 5.91 Å². The van der Waals surface area contributed by atoms with Crippen molar-refractivity contribution in [2.75, 3.05) is 6.54 Å². The minimum atomic E-state index is -0.346. The second kappa shape index (κ2) is 6.66. The number of hydrogen-bond acceptors (Lipinski definition) is 2. The highest BCUT2D eigenvalue weighted by Crippen LogP contribution is 1.99. The van der Waals surface area contributed by atoms with Crippen LogP contribution in [0, 0.1) is 6.92 Å². The van der Waals surface area contributed by atoms with Gasteiger partial charge in [0.15, 0.2) is 0 Å². The Balaban J connectivity index is 3.36. The quantitative estimate of drug-likeness (QED) is 0.478. The van der Waals surface area contributed by atoms with Gasteiger partial charge in [-0.3, -0.25) is 4.79 Å². The monoisotopic (exact) mass is 184 g/mol. The van der Waals surface area contributed by atoms with E-state index in [1.54, 1.807) is 6.92 Å². The van der Waals surface area contributed by atoms with Crippen LogP contribution < -0.4 is 5.32 Å². The van der Waals surface area contributed by atoms with Gasteiger partial charge < -0.3 is 10.4 Å². The molecule has 0 fully saturated rings. The van der Waals surface area contributed by atoms with Crippen molar-refractivity contribution in [1.82, 2.24) is 5.32 Å². The molecule has 1 atom stereocenters. The second-order valence-electron chi connectivity index (χ2n) is 3.12. The highest BCUT2D eigenvalue weighted by atomic mass is 16.3. The molecule has 0 aliphatic heterocycles. The van der Waals surface area contributed by atoms with Crippen molar-refractivity contribution in [2.45, 2.75) is 32.3 Å². The maximum atomic E-state index is 11.0. The van der Waals surface area contributed by atoms with E-state index in [2.05, 4.69) is 18.8 Å². The van der Waals surface area contributed by atoms with Crippen molar-refractivity contribution < 1.29 is 9.90 Å². The van der Waals surface area contributed by atoms with Crippen LogP contribution in [0.2, 0.25) is 0 Å². The third kappa shape index (κ3) is 6.34. The van der Waals surface area contributed by atoms with Crippen LogP contribution in [0.4, 0.5) is 0 Å². The minimum absolute atomic E-state index is 0.121. The van der Waals surface area contributed by atoms with E-state index in [1.807, 2.05) is 0 Å². The van der Waals surface area contributed by atoms with E-state index in [-0.39, 0.29) is 12.0 Å². The van der Waals surface area contributed by atoms with Crippen molar-refractivity contribution in [1.29, 1.82) is 0 Å². The molecule has 0 rings (SSSR count). The van der Waals surface area contributed by atoms with Crippen LogP contribution >= 0.6 is 0 Å². The molecule has 0 aromatic carbocycles. The molecule has 1 radical (unpaired) electrons. The van der Waals surface area contributed by atoms with Crippen LogP contribution in [0.25, 0.3) is 0 Å². The summed E-state index contributed by atoms with van der Waals surface area (Å²) in [6, 6.07) is 0. The van der Waals surface area contributed by atoms with Gasteiger partial charge in [-0.1, -0.05) is 13.5 Å². The Bertz CT molecular complexity index is 178. The number of aliphatic hydroxyl groups is 1. The van der Waals surface area contributed by atoms with E-state index in [4.69, 9.17) is 5.11 Å². The van der Waals surface area contributed by atoms with Gasteiger partial charge in [0.25, 0.3) is 0 Å². The molecule has 0 aromatic heterocycles. The third-order valence-electron chi connectivity index (χ3n) is 1.72. The lowest BCUT2D eigenvalue weighted by Gasteiger charge is -2.07. The lowest BCUT2D eigenvalue weighted by atomic mass is 10.1. The Morgan fingerprint density at radius 2 is 2.23 bits per heavy atom. The first-order chi connectivity index (χ1) is 6.07. The summed E-state index contributed by atoms with van der Waals surface area (Å²) in [6.07, 6.45) is 1.63. The number of amides is 1. The van der Waals surface area contributed by atoms with Crippen LogP contribution in [-0.4, -0.2) is 23.7 Å². The average Bonchev–Trinajstić information content (AvgIpc) is 2.11. The van der Waals surface area contributed by atoms with Gasteiger partial charge in [-0.2, -0.15) is 0 Å². The molecular formula is C10H18NO2. The van der Waals surface area contributed by atoms with Crippen molar-refractivity contribution in [2.24, 2.45) is 0 Å². The normalized spacial score (nSPS) is 12.2. The Kier molecular flexibility index (Phi) is 6.24. The van der Waals surface area contributed by atoms with Gasteiger partial charge >= 0.3 is 0 Å². The first-order valence-corrected chi connectivity index (χ1v) is 4.49. The fraction of sp³-hybridized carbons (Fsp3) is 0.600. The summed E-state index contributed by atoms with van der Waals surface area (Å²) in [4.78, 5) is 11.0. The molecule has 3 heteroatoms. The van der Waals surface area contributed by atoms with Crippen molar-refractivity contribution in [3.63, 3.8) is 0 Å². The molecule has 0 aliphatic carbocycles. The Morgan fingerprint density at radius 1 is 1.62 bits per heavy atom. The minimum Gasteiger partial charge on any atom is -0.393 e. The molecule has 0 saturated carbocycles. The first-order valence-electron chi connectivity index (χ1n) is 4.49. The highest BCUT2D eigenvalue weighted by Gasteiger charge is 2.02. The van der Waals surface area contributed by atoms with Crippen molar-refractivity contribution in [3.05, 3.63) is 19.1 Å². The fourth-order valence-corrected chi connectivity index (χ4v) is 0.835. The SMILES string of the molecule is [CH2]CC(O)CCCNC(=O)C(=C)C. The number of carbonyl (C=O) groups excluding carboxylic acids is 1. The molecule has 0 spiro atoms. The predicted octanol–water partition coefficient (Wildman–Crippen LogP) is 1.04. The number of carbonyl (C=O) groups is 1. The maximum absolute atomic E-state index is 11.0. The van der Waals surface area contributed by atoms with Crippen LogP contribution in [0.1, 0.15) is 26.2 Å². The van der Waals surface area contributed by atoms with Gasteiger partial charge in [-0.15, -0.1) is 0 Å². The lowest BCUT2D eigenvalue weighted by Crippen LogP contribution is -2.25. The second-order valence-corrected chi connectivity index (χ2v) is 3.12. The van der Waals surface area contributed by atoms with Gasteiger partial charge in [0, 0.05) is 12.1 Å². The molecule has 2 N–H and O–H groups in total. The van der Waals surface area contributed by atoms with Crippen LogP contribution in [0.3, 0.4) is 0 Å². The van der Waals surface area contributed by atoms with Gasteiger partial charge in [-0.05, 0) is 26.2 Å². The van der Waals surface area contributed by atoms with Crippen LogP contribution in [0.5, 0.6) is 0 Å². The molecule has 0 saturated heterocycles. The molecule has 0 aliphatic rings. The largest absolute Gasteiger partial charge is 0.393 e. The Labute approximate surface area is 79.8 Å². The lowest BCUT2D eigenvalue weighted by molar-refractivity contribution is -0.117. The summed E-state index contributed by atoms with van der Waals surface area (Å²) in [6.45, 7) is 9.34. The van der Waals surface area contributed by atoms with Crippen LogP contribution in [-0.2, 0) is 4.79 Å². The smallest absolute Gasteiger partial charge is 0.246 e. The van der Waals surface area contributed by atoms with Gasteiger partial charge in [0.1, 0.15) is 0 Å². The number of nitrogens with one attached hydrogen (secondary N) is 1. The zero-order valence-corrected chi connectivity index (χ0v) is 8.18. The highest BCUT2D eigenvalue weighted by molar-refractivity contribution is 5.91. The van der Waals surface area contributed by atoms with E-state index in [0.717, 1.165) is 6.42 Å². The summed E-state index contributed by atoms with van der Waals surface area (Å²) in [5.41, 5.74) is 0.512. The van der Waals surface area contributed by atoms with Gasteiger partial charge in [0.05, 0.1) is 6.10 Å². The Morgan fingerprint density at radius 3 is 2.69 bits per heavy atom. The van der Waals surface area contributed by atoms with Gasteiger partial charge in [-0.25, -0.2) is 0 Å². The first kappa shape index (κ1) is 12.2. The van der Waals surface area contributed by atoms with Crippen LogP contribution in [0.15, 0.2) is 12.2 Å². The standard InChI is InChI=1S/C10H18NO2/c1-4-9(12)6-5-7-11-10(13)8(2)3/h9,12H,1-2,4-7H2,3H3,(H,11,13). The van der Waals surface area contributed by atoms with E-state index < -0.39 is 0 Å². The van der Waals surface area contributed by atoms with Crippen molar-refractivity contribution >= 4 is 5.91 Å². The van der Waals surface area contributed by atoms with E-state index in [0.29, 0.717) is 25.0 Å². The van der Waals surface area contributed by atoms with Crippen molar-refractivity contribution in [3.8, 4) is 0 Å². The van der Waals surface area contributed by atoms with E-state index in [9.17, 15) is 4.79 Å². The summed E-state index contributed by atoms with van der Waals surface area (Å²) in [5, 5.41) is 11.8. The number of rotatable bonds is 6. The van der Waals surface area contributed by atoms with E-state index in [1.165, 1.54) is 0 Å². The average molecular weight is 184 g/mol. The van der Waals surface area contributed by atoms with E-state index >= 15 is 0 Å². The molecule has 3 nitrogen and oxygen atoms in total.